The van der Waals surface area contributed by atoms with Crippen LogP contribution >= 0.6 is 0 Å². The van der Waals surface area contributed by atoms with Crippen molar-refractivity contribution in [2.24, 2.45) is 0 Å². The van der Waals surface area contributed by atoms with Crippen LogP contribution in [-0.4, -0.2) is 52.4 Å². The first kappa shape index (κ1) is 13.4. The van der Waals surface area contributed by atoms with Crippen molar-refractivity contribution in [3.63, 3.8) is 0 Å². The van der Waals surface area contributed by atoms with Crippen LogP contribution in [0.25, 0.3) is 0 Å². The predicted molar refractivity (Wildman–Crippen MR) is 70.9 cm³/mol. The van der Waals surface area contributed by atoms with Crippen molar-refractivity contribution in [3.8, 4) is 5.75 Å². The number of phenolic OH excluding ortho intramolecular Hbond substituents is 1. The number of benzene rings is 1. The lowest BCUT2D eigenvalue weighted by Crippen LogP contribution is -2.63. The molecule has 5 heteroatoms. The quantitative estimate of drug-likeness (QED) is 0.824. The van der Waals surface area contributed by atoms with E-state index in [1.54, 1.807) is 42.8 Å². The lowest BCUT2D eigenvalue weighted by Gasteiger charge is -2.44. The van der Waals surface area contributed by atoms with Crippen molar-refractivity contribution in [3.05, 3.63) is 29.8 Å². The normalized spacial score (nSPS) is 18.6. The van der Waals surface area contributed by atoms with Crippen molar-refractivity contribution in [2.75, 3.05) is 20.1 Å². The van der Waals surface area contributed by atoms with Crippen LogP contribution in [0.1, 0.15) is 24.2 Å². The van der Waals surface area contributed by atoms with Crippen LogP contribution in [0.5, 0.6) is 5.75 Å². The molecule has 1 aromatic carbocycles. The third-order valence-corrected chi connectivity index (χ3v) is 3.56. The first-order chi connectivity index (χ1) is 8.84. The number of hydrogen-bond donors (Lipinski definition) is 1. The van der Waals surface area contributed by atoms with Gasteiger partial charge in [-0.15, -0.1) is 0 Å². The van der Waals surface area contributed by atoms with Crippen molar-refractivity contribution < 1.29 is 14.7 Å². The lowest BCUT2D eigenvalue weighted by molar-refractivity contribution is -0.144. The van der Waals surface area contributed by atoms with Crippen molar-refractivity contribution in [1.29, 1.82) is 0 Å². The minimum absolute atomic E-state index is 0.0640. The predicted octanol–water partition coefficient (Wildman–Crippen LogP) is 1.08. The maximum Gasteiger partial charge on any atom is 0.254 e. The van der Waals surface area contributed by atoms with E-state index in [1.165, 1.54) is 12.1 Å². The number of amides is 2. The monoisotopic (exact) mass is 262 g/mol. The third-order valence-electron chi connectivity index (χ3n) is 3.56. The van der Waals surface area contributed by atoms with Crippen LogP contribution < -0.4 is 0 Å². The summed E-state index contributed by atoms with van der Waals surface area (Å²) in [5, 5.41) is 9.24. The molecule has 0 unspecified atom stereocenters. The summed E-state index contributed by atoms with van der Waals surface area (Å²) < 4.78 is 0. The molecule has 1 fully saturated rings. The number of piperazine rings is 1. The maximum absolute atomic E-state index is 12.5. The second-order valence-corrected chi connectivity index (χ2v) is 5.29. The Morgan fingerprint density at radius 3 is 2.37 bits per heavy atom. The lowest BCUT2D eigenvalue weighted by atomic mass is 9.96. The van der Waals surface area contributed by atoms with Gasteiger partial charge in [0.2, 0.25) is 5.91 Å². The molecule has 1 N–H and O–H groups in total. The van der Waals surface area contributed by atoms with Crippen molar-refractivity contribution in [1.82, 2.24) is 9.80 Å². The highest BCUT2D eigenvalue weighted by Crippen LogP contribution is 2.24. The Morgan fingerprint density at radius 1 is 1.21 bits per heavy atom. The molecular formula is C14H18N2O3. The summed E-state index contributed by atoms with van der Waals surface area (Å²) in [5.41, 5.74) is -0.370. The summed E-state index contributed by atoms with van der Waals surface area (Å²) >= 11 is 0. The molecular weight excluding hydrogens is 244 g/mol. The highest BCUT2D eigenvalue weighted by molar-refractivity contribution is 5.99. The van der Waals surface area contributed by atoms with Gasteiger partial charge >= 0.3 is 0 Å². The smallest absolute Gasteiger partial charge is 0.254 e. The first-order valence-electron chi connectivity index (χ1n) is 6.20. The molecule has 0 radical (unpaired) electrons. The molecule has 2 rings (SSSR count). The van der Waals surface area contributed by atoms with E-state index >= 15 is 0 Å². The van der Waals surface area contributed by atoms with Gasteiger partial charge in [-0.1, -0.05) is 0 Å². The minimum atomic E-state index is -0.845. The molecule has 1 heterocycles. The van der Waals surface area contributed by atoms with Gasteiger partial charge in [-0.3, -0.25) is 9.59 Å². The van der Waals surface area contributed by atoms with E-state index in [1.807, 2.05) is 0 Å². The van der Waals surface area contributed by atoms with Crippen molar-refractivity contribution >= 4 is 11.8 Å². The molecule has 0 saturated carbocycles. The summed E-state index contributed by atoms with van der Waals surface area (Å²) in [6, 6.07) is 6.07. The highest BCUT2D eigenvalue weighted by atomic mass is 16.3. The molecule has 19 heavy (non-hydrogen) atoms. The number of rotatable bonds is 1. The Kier molecular flexibility index (Phi) is 3.22. The fourth-order valence-electron chi connectivity index (χ4n) is 2.33. The molecule has 0 bridgehead atoms. The Morgan fingerprint density at radius 2 is 1.79 bits per heavy atom. The van der Waals surface area contributed by atoms with E-state index in [4.69, 9.17) is 0 Å². The number of likely N-dealkylation sites (N-methyl/N-ethyl adjacent to an activating group) is 1. The topological polar surface area (TPSA) is 60.9 Å². The number of carbonyl (C=O) groups is 2. The second-order valence-electron chi connectivity index (χ2n) is 5.29. The highest BCUT2D eigenvalue weighted by Gasteiger charge is 2.43. The molecule has 2 amide bonds. The van der Waals surface area contributed by atoms with E-state index in [-0.39, 0.29) is 17.6 Å². The molecule has 1 aliphatic rings. The van der Waals surface area contributed by atoms with Crippen molar-refractivity contribution in [2.45, 2.75) is 19.4 Å². The van der Waals surface area contributed by atoms with E-state index < -0.39 is 5.54 Å². The van der Waals surface area contributed by atoms with Crippen LogP contribution in [0.3, 0.4) is 0 Å². The van der Waals surface area contributed by atoms with Gasteiger partial charge in [0.1, 0.15) is 11.3 Å². The number of aromatic hydroxyl groups is 1. The van der Waals surface area contributed by atoms with Gasteiger partial charge in [0.05, 0.1) is 0 Å². The van der Waals surface area contributed by atoms with Gasteiger partial charge in [-0.25, -0.2) is 0 Å². The van der Waals surface area contributed by atoms with Crippen LogP contribution in [0.4, 0.5) is 0 Å². The minimum Gasteiger partial charge on any atom is -0.508 e. The molecule has 1 aromatic rings. The molecule has 0 aromatic heterocycles. The zero-order valence-corrected chi connectivity index (χ0v) is 11.4. The van der Waals surface area contributed by atoms with E-state index in [0.29, 0.717) is 18.7 Å². The van der Waals surface area contributed by atoms with Crippen LogP contribution in [0, 0.1) is 0 Å². The maximum atomic E-state index is 12.5. The first-order valence-corrected chi connectivity index (χ1v) is 6.20. The van der Waals surface area contributed by atoms with Gasteiger partial charge in [-0.05, 0) is 38.1 Å². The van der Waals surface area contributed by atoms with Crippen LogP contribution in [0.2, 0.25) is 0 Å². The van der Waals surface area contributed by atoms with E-state index in [0.717, 1.165) is 0 Å². The fourth-order valence-corrected chi connectivity index (χ4v) is 2.33. The van der Waals surface area contributed by atoms with Gasteiger partial charge in [0, 0.05) is 25.7 Å². The van der Waals surface area contributed by atoms with Gasteiger partial charge in [0.25, 0.3) is 5.91 Å². The average molecular weight is 262 g/mol. The summed E-state index contributed by atoms with van der Waals surface area (Å²) in [6.45, 7) is 4.55. The molecule has 1 saturated heterocycles. The fraction of sp³-hybridized carbons (Fsp3) is 0.429. The van der Waals surface area contributed by atoms with Gasteiger partial charge in [-0.2, -0.15) is 0 Å². The summed E-state index contributed by atoms with van der Waals surface area (Å²) in [4.78, 5) is 27.8. The molecule has 0 atom stereocenters. The van der Waals surface area contributed by atoms with Gasteiger partial charge in [0.15, 0.2) is 0 Å². The summed E-state index contributed by atoms with van der Waals surface area (Å²) in [5.74, 6) is -0.136. The second kappa shape index (κ2) is 4.57. The number of nitrogens with zero attached hydrogens (tertiary/aromatic N) is 2. The number of hydrogen-bond acceptors (Lipinski definition) is 3. The Bertz CT molecular complexity index is 508. The molecule has 0 spiro atoms. The number of carbonyl (C=O) groups excluding carboxylic acids is 2. The molecule has 102 valence electrons. The Balaban J connectivity index is 2.28. The largest absolute Gasteiger partial charge is 0.508 e. The zero-order chi connectivity index (χ0) is 14.2. The summed E-state index contributed by atoms with van der Waals surface area (Å²) in [7, 11) is 1.74. The molecule has 5 nitrogen and oxygen atoms in total. The standard InChI is InChI=1S/C14H18N2O3/c1-14(2)13(19)15(3)8-9-16(14)12(18)10-4-6-11(17)7-5-10/h4-7,17H,8-9H2,1-3H3. The van der Waals surface area contributed by atoms with E-state index in [2.05, 4.69) is 0 Å². The molecule has 1 aliphatic heterocycles. The van der Waals surface area contributed by atoms with Gasteiger partial charge < -0.3 is 14.9 Å². The summed E-state index contributed by atoms with van der Waals surface area (Å²) in [6.07, 6.45) is 0. The SMILES string of the molecule is CN1CCN(C(=O)c2ccc(O)cc2)C(C)(C)C1=O. The third kappa shape index (κ3) is 2.28. The Hall–Kier alpha value is -2.04. The number of phenols is 1. The molecule has 0 aliphatic carbocycles. The van der Waals surface area contributed by atoms with E-state index in [9.17, 15) is 14.7 Å². The average Bonchev–Trinajstić information content (AvgIpc) is 2.36. The van der Waals surface area contributed by atoms with Crippen LogP contribution in [-0.2, 0) is 4.79 Å². The zero-order valence-electron chi connectivity index (χ0n) is 11.4. The van der Waals surface area contributed by atoms with Crippen LogP contribution in [0.15, 0.2) is 24.3 Å². The Labute approximate surface area is 112 Å².